The van der Waals surface area contributed by atoms with Crippen molar-refractivity contribution in [1.29, 1.82) is 0 Å². The summed E-state index contributed by atoms with van der Waals surface area (Å²) in [5.74, 6) is 0. The van der Waals surface area contributed by atoms with Crippen LogP contribution in [0.5, 0.6) is 0 Å². The maximum atomic E-state index is 12.1. The zero-order valence-corrected chi connectivity index (χ0v) is 10.6. The van der Waals surface area contributed by atoms with E-state index in [0.29, 0.717) is 12.1 Å². The molecule has 0 saturated carbocycles. The van der Waals surface area contributed by atoms with Crippen LogP contribution in [0.4, 0.5) is 4.79 Å². The summed E-state index contributed by atoms with van der Waals surface area (Å²) in [5, 5.41) is 0. The standard InChI is InChI=1S/C12H23N3O/c1-4-13(2)12(16)15-8-7-10-5-6-11(9-15)14(10)3/h10-11H,4-9H2,1-3H3. The van der Waals surface area contributed by atoms with Gasteiger partial charge in [-0.25, -0.2) is 4.79 Å². The van der Waals surface area contributed by atoms with Crippen molar-refractivity contribution in [3.63, 3.8) is 0 Å². The van der Waals surface area contributed by atoms with Crippen LogP contribution in [0.25, 0.3) is 0 Å². The fourth-order valence-corrected chi connectivity index (χ4v) is 2.86. The van der Waals surface area contributed by atoms with Crippen LogP contribution in [0, 0.1) is 0 Å². The fourth-order valence-electron chi connectivity index (χ4n) is 2.86. The number of hydrogen-bond acceptors (Lipinski definition) is 2. The summed E-state index contributed by atoms with van der Waals surface area (Å²) in [6, 6.07) is 1.49. The lowest BCUT2D eigenvalue weighted by atomic mass is 10.1. The van der Waals surface area contributed by atoms with Crippen LogP contribution in [0.2, 0.25) is 0 Å². The van der Waals surface area contributed by atoms with Crippen molar-refractivity contribution in [2.45, 2.75) is 38.3 Å². The first-order valence-electron chi connectivity index (χ1n) is 6.35. The molecule has 4 heteroatoms. The molecule has 2 aliphatic heterocycles. The second kappa shape index (κ2) is 4.62. The topological polar surface area (TPSA) is 26.8 Å². The highest BCUT2D eigenvalue weighted by atomic mass is 16.2. The van der Waals surface area contributed by atoms with Crippen LogP contribution in [0.3, 0.4) is 0 Å². The zero-order chi connectivity index (χ0) is 11.7. The molecule has 0 aromatic carbocycles. The van der Waals surface area contributed by atoms with Gasteiger partial charge in [0.25, 0.3) is 0 Å². The lowest BCUT2D eigenvalue weighted by Crippen LogP contribution is -2.45. The SMILES string of the molecule is CCN(C)C(=O)N1CCC2CCC(C1)N2C. The molecule has 2 saturated heterocycles. The highest BCUT2D eigenvalue weighted by Gasteiger charge is 2.36. The van der Waals surface area contributed by atoms with E-state index in [0.717, 1.165) is 26.1 Å². The number of fused-ring (bicyclic) bond motifs is 2. The predicted molar refractivity (Wildman–Crippen MR) is 64.5 cm³/mol. The number of rotatable bonds is 1. The Hall–Kier alpha value is -0.770. The van der Waals surface area contributed by atoms with Gasteiger partial charge >= 0.3 is 6.03 Å². The molecule has 2 aliphatic rings. The number of carbonyl (C=O) groups is 1. The second-order valence-electron chi connectivity index (χ2n) is 5.08. The first-order valence-corrected chi connectivity index (χ1v) is 6.35. The van der Waals surface area contributed by atoms with E-state index in [-0.39, 0.29) is 6.03 Å². The van der Waals surface area contributed by atoms with Gasteiger partial charge in [-0.05, 0) is 33.2 Å². The average molecular weight is 225 g/mol. The fraction of sp³-hybridized carbons (Fsp3) is 0.917. The van der Waals surface area contributed by atoms with Crippen LogP contribution in [0.15, 0.2) is 0 Å². The zero-order valence-electron chi connectivity index (χ0n) is 10.6. The largest absolute Gasteiger partial charge is 0.328 e. The number of amides is 2. The number of carbonyl (C=O) groups excluding carboxylic acids is 1. The van der Waals surface area contributed by atoms with Gasteiger partial charge < -0.3 is 9.80 Å². The third kappa shape index (κ3) is 2.03. The van der Waals surface area contributed by atoms with Crippen molar-refractivity contribution in [1.82, 2.24) is 14.7 Å². The van der Waals surface area contributed by atoms with E-state index in [2.05, 4.69) is 11.9 Å². The molecule has 0 aromatic rings. The Labute approximate surface area is 98.2 Å². The molecule has 2 atom stereocenters. The second-order valence-corrected chi connectivity index (χ2v) is 5.08. The quantitative estimate of drug-likeness (QED) is 0.671. The van der Waals surface area contributed by atoms with Crippen LogP contribution in [0.1, 0.15) is 26.2 Å². The Balaban J connectivity index is 2.01. The third-order valence-corrected chi connectivity index (χ3v) is 4.22. The molecular weight excluding hydrogens is 202 g/mol. The monoisotopic (exact) mass is 225 g/mol. The van der Waals surface area contributed by atoms with Crippen LogP contribution in [-0.4, -0.2) is 66.5 Å². The Bertz CT molecular complexity index is 269. The summed E-state index contributed by atoms with van der Waals surface area (Å²) in [5.41, 5.74) is 0. The summed E-state index contributed by atoms with van der Waals surface area (Å²) >= 11 is 0. The number of likely N-dealkylation sites (tertiary alicyclic amines) is 1. The maximum Gasteiger partial charge on any atom is 0.319 e. The summed E-state index contributed by atoms with van der Waals surface area (Å²) < 4.78 is 0. The molecule has 2 rings (SSSR count). The minimum absolute atomic E-state index is 0.198. The van der Waals surface area contributed by atoms with E-state index in [1.165, 1.54) is 12.8 Å². The van der Waals surface area contributed by atoms with Crippen molar-refractivity contribution >= 4 is 6.03 Å². The number of urea groups is 1. The van der Waals surface area contributed by atoms with Crippen molar-refractivity contribution in [2.24, 2.45) is 0 Å². The Morgan fingerprint density at radius 3 is 2.69 bits per heavy atom. The highest BCUT2D eigenvalue weighted by molar-refractivity contribution is 5.74. The average Bonchev–Trinajstić information content (AvgIpc) is 2.51. The number of hydrogen-bond donors (Lipinski definition) is 0. The van der Waals surface area contributed by atoms with Crippen molar-refractivity contribution in [2.75, 3.05) is 33.7 Å². The molecule has 2 fully saturated rings. The summed E-state index contributed by atoms with van der Waals surface area (Å²) in [4.78, 5) is 18.4. The molecular formula is C12H23N3O. The van der Waals surface area contributed by atoms with Gasteiger partial charge in [0, 0.05) is 38.8 Å². The van der Waals surface area contributed by atoms with Crippen LogP contribution < -0.4 is 0 Å². The Morgan fingerprint density at radius 2 is 2.00 bits per heavy atom. The normalized spacial score (nSPS) is 30.3. The van der Waals surface area contributed by atoms with Gasteiger partial charge in [-0.2, -0.15) is 0 Å². The van der Waals surface area contributed by atoms with E-state index in [1.54, 1.807) is 4.90 Å². The third-order valence-electron chi connectivity index (χ3n) is 4.22. The van der Waals surface area contributed by atoms with E-state index >= 15 is 0 Å². The number of nitrogens with zero attached hydrogens (tertiary/aromatic N) is 3. The van der Waals surface area contributed by atoms with E-state index < -0.39 is 0 Å². The molecule has 0 aliphatic carbocycles. The van der Waals surface area contributed by atoms with Crippen molar-refractivity contribution < 1.29 is 4.79 Å². The summed E-state index contributed by atoms with van der Waals surface area (Å²) in [6.45, 7) is 4.65. The molecule has 2 heterocycles. The molecule has 92 valence electrons. The number of likely N-dealkylation sites (N-methyl/N-ethyl adjacent to an activating group) is 1. The molecule has 4 nitrogen and oxygen atoms in total. The molecule has 16 heavy (non-hydrogen) atoms. The van der Waals surface area contributed by atoms with Crippen LogP contribution in [-0.2, 0) is 0 Å². The minimum Gasteiger partial charge on any atom is -0.328 e. The minimum atomic E-state index is 0.198. The lowest BCUT2D eigenvalue weighted by Gasteiger charge is -2.29. The van der Waals surface area contributed by atoms with E-state index in [9.17, 15) is 4.79 Å². The van der Waals surface area contributed by atoms with Gasteiger partial charge in [-0.15, -0.1) is 0 Å². The van der Waals surface area contributed by atoms with Gasteiger partial charge in [-0.3, -0.25) is 4.90 Å². The maximum absolute atomic E-state index is 12.1. The molecule has 0 spiro atoms. The summed E-state index contributed by atoms with van der Waals surface area (Å²) in [7, 11) is 4.09. The molecule has 2 amide bonds. The van der Waals surface area contributed by atoms with Crippen LogP contribution >= 0.6 is 0 Å². The molecule has 0 radical (unpaired) electrons. The Morgan fingerprint density at radius 1 is 1.31 bits per heavy atom. The van der Waals surface area contributed by atoms with Gasteiger partial charge in [0.1, 0.15) is 0 Å². The lowest BCUT2D eigenvalue weighted by molar-refractivity contribution is 0.158. The summed E-state index contributed by atoms with van der Waals surface area (Å²) in [6.07, 6.45) is 3.70. The Kier molecular flexibility index (Phi) is 3.38. The first-order chi connectivity index (χ1) is 7.63. The molecule has 0 N–H and O–H groups in total. The molecule has 0 aromatic heterocycles. The van der Waals surface area contributed by atoms with E-state index in [1.807, 2.05) is 18.9 Å². The van der Waals surface area contributed by atoms with Gasteiger partial charge in [-0.1, -0.05) is 0 Å². The van der Waals surface area contributed by atoms with Gasteiger partial charge in [0.05, 0.1) is 0 Å². The predicted octanol–water partition coefficient (Wildman–Crippen LogP) is 1.23. The first kappa shape index (κ1) is 11.7. The highest BCUT2D eigenvalue weighted by Crippen LogP contribution is 2.28. The van der Waals surface area contributed by atoms with Gasteiger partial charge in [0.2, 0.25) is 0 Å². The molecule has 2 unspecified atom stereocenters. The van der Waals surface area contributed by atoms with E-state index in [4.69, 9.17) is 0 Å². The van der Waals surface area contributed by atoms with Gasteiger partial charge in [0.15, 0.2) is 0 Å². The van der Waals surface area contributed by atoms with Crippen molar-refractivity contribution in [3.8, 4) is 0 Å². The van der Waals surface area contributed by atoms with Crippen molar-refractivity contribution in [3.05, 3.63) is 0 Å². The molecule has 2 bridgehead atoms. The smallest absolute Gasteiger partial charge is 0.319 e.